The Morgan fingerprint density at radius 2 is 2.00 bits per heavy atom. The minimum atomic E-state index is -0.519. The Balaban J connectivity index is 2.00. The van der Waals surface area contributed by atoms with Crippen molar-refractivity contribution in [2.75, 3.05) is 11.9 Å². The first kappa shape index (κ1) is 14.7. The molecule has 1 aliphatic heterocycles. The number of imide groups is 1. The Hall–Kier alpha value is -1.22. The summed E-state index contributed by atoms with van der Waals surface area (Å²) in [5, 5.41) is 2.92. The monoisotopic (exact) mass is 403 g/mol. The van der Waals surface area contributed by atoms with E-state index in [0.717, 1.165) is 16.4 Å². The van der Waals surface area contributed by atoms with Crippen molar-refractivity contribution in [2.45, 2.75) is 31.5 Å². The molecule has 5 nitrogen and oxygen atoms in total. The summed E-state index contributed by atoms with van der Waals surface area (Å²) in [4.78, 5) is 27.4. The molecule has 1 atom stereocenters. The molecular formula is C14H15FIN3O2. The molecule has 1 unspecified atom stereocenters. The highest BCUT2D eigenvalue weighted by molar-refractivity contribution is 14.1. The van der Waals surface area contributed by atoms with Gasteiger partial charge >= 0.3 is 6.03 Å². The van der Waals surface area contributed by atoms with E-state index in [2.05, 4.69) is 5.32 Å². The van der Waals surface area contributed by atoms with E-state index in [9.17, 15) is 14.0 Å². The zero-order chi connectivity index (χ0) is 15.1. The number of hydrogen-bond donors (Lipinski definition) is 1. The van der Waals surface area contributed by atoms with Crippen molar-refractivity contribution >= 4 is 40.2 Å². The fourth-order valence-electron chi connectivity index (χ4n) is 2.58. The van der Waals surface area contributed by atoms with Gasteiger partial charge in [0.15, 0.2) is 0 Å². The zero-order valence-electron chi connectivity index (χ0n) is 11.5. The van der Waals surface area contributed by atoms with Crippen LogP contribution in [0, 0.1) is 9.39 Å². The van der Waals surface area contributed by atoms with Gasteiger partial charge in [0, 0.05) is 9.61 Å². The highest BCUT2D eigenvalue weighted by atomic mass is 127. The molecule has 0 radical (unpaired) electrons. The van der Waals surface area contributed by atoms with Gasteiger partial charge in [-0.1, -0.05) is 0 Å². The average Bonchev–Trinajstić information content (AvgIpc) is 3.24. The highest BCUT2D eigenvalue weighted by Gasteiger charge is 2.46. The first-order valence-corrected chi connectivity index (χ1v) is 7.88. The number of urea groups is 1. The maximum absolute atomic E-state index is 14.2. The molecule has 21 heavy (non-hydrogen) atoms. The first-order valence-electron chi connectivity index (χ1n) is 6.80. The van der Waals surface area contributed by atoms with Gasteiger partial charge < -0.3 is 0 Å². The van der Waals surface area contributed by atoms with Crippen LogP contribution in [0.25, 0.3) is 0 Å². The Bertz CT molecular complexity index is 606. The van der Waals surface area contributed by atoms with Crippen molar-refractivity contribution in [2.24, 2.45) is 0 Å². The van der Waals surface area contributed by atoms with Crippen LogP contribution in [0.2, 0.25) is 0 Å². The zero-order valence-corrected chi connectivity index (χ0v) is 13.6. The number of benzene rings is 1. The lowest BCUT2D eigenvalue weighted by Crippen LogP contribution is -2.61. The molecule has 1 saturated heterocycles. The summed E-state index contributed by atoms with van der Waals surface area (Å²) in [6.45, 7) is 0. The van der Waals surface area contributed by atoms with Gasteiger partial charge in [0.2, 0.25) is 5.91 Å². The summed E-state index contributed by atoms with van der Waals surface area (Å²) in [6, 6.07) is 4.26. The molecule has 1 saturated carbocycles. The quantitative estimate of drug-likeness (QED) is 0.789. The first-order chi connectivity index (χ1) is 10.0. The average molecular weight is 403 g/mol. The lowest BCUT2D eigenvalue weighted by Gasteiger charge is -2.40. The van der Waals surface area contributed by atoms with Gasteiger partial charge in [0.25, 0.3) is 0 Å². The number of rotatable bonds is 3. The lowest BCUT2D eigenvalue weighted by atomic mass is 10.1. The molecule has 1 aliphatic carbocycles. The van der Waals surface area contributed by atoms with E-state index in [1.54, 1.807) is 19.2 Å². The van der Waals surface area contributed by atoms with Gasteiger partial charge in [-0.15, -0.1) is 0 Å². The third-order valence-electron chi connectivity index (χ3n) is 3.78. The minimum absolute atomic E-state index is 0.0165. The number of carbonyl (C=O) groups excluding carboxylic acids is 2. The van der Waals surface area contributed by atoms with Crippen molar-refractivity contribution in [3.8, 4) is 0 Å². The fourth-order valence-corrected chi connectivity index (χ4v) is 3.04. The van der Waals surface area contributed by atoms with Gasteiger partial charge in [0.05, 0.1) is 18.3 Å². The SMILES string of the molecule is CNC1CC(=O)N(C2CC2)C(=O)N1c1ccc(I)cc1F. The van der Waals surface area contributed by atoms with E-state index < -0.39 is 18.0 Å². The number of hydrogen-bond acceptors (Lipinski definition) is 3. The van der Waals surface area contributed by atoms with Gasteiger partial charge in [-0.05, 0) is 60.7 Å². The van der Waals surface area contributed by atoms with Crippen molar-refractivity contribution in [3.63, 3.8) is 0 Å². The van der Waals surface area contributed by atoms with E-state index in [0.29, 0.717) is 0 Å². The summed E-state index contributed by atoms with van der Waals surface area (Å²) >= 11 is 2.02. The molecule has 112 valence electrons. The van der Waals surface area contributed by atoms with Crippen LogP contribution < -0.4 is 10.2 Å². The van der Waals surface area contributed by atoms with Crippen molar-refractivity contribution in [1.29, 1.82) is 0 Å². The highest BCUT2D eigenvalue weighted by Crippen LogP contribution is 2.34. The molecule has 1 heterocycles. The number of anilines is 1. The molecule has 1 N–H and O–H groups in total. The van der Waals surface area contributed by atoms with Crippen LogP contribution >= 0.6 is 22.6 Å². The number of nitrogens with zero attached hydrogens (tertiary/aromatic N) is 2. The Morgan fingerprint density at radius 3 is 2.57 bits per heavy atom. The summed E-state index contributed by atoms with van der Waals surface area (Å²) in [6.07, 6.45) is 1.31. The molecule has 0 spiro atoms. The fraction of sp³-hybridized carbons (Fsp3) is 0.429. The minimum Gasteiger partial charge on any atom is -0.299 e. The number of halogens is 2. The number of nitrogens with one attached hydrogen (secondary N) is 1. The van der Waals surface area contributed by atoms with Gasteiger partial charge in [-0.25, -0.2) is 9.18 Å². The molecule has 1 aromatic rings. The second-order valence-corrected chi connectivity index (χ2v) is 6.50. The Morgan fingerprint density at radius 1 is 1.29 bits per heavy atom. The van der Waals surface area contributed by atoms with Crippen LogP contribution in [0.1, 0.15) is 19.3 Å². The van der Waals surface area contributed by atoms with Gasteiger partial charge in [0.1, 0.15) is 5.82 Å². The molecule has 3 amide bonds. The largest absolute Gasteiger partial charge is 0.332 e. The number of amides is 3. The van der Waals surface area contributed by atoms with Crippen molar-refractivity contribution < 1.29 is 14.0 Å². The molecule has 7 heteroatoms. The van der Waals surface area contributed by atoms with E-state index in [4.69, 9.17) is 0 Å². The van der Waals surface area contributed by atoms with Gasteiger partial charge in [-0.2, -0.15) is 0 Å². The molecule has 2 fully saturated rings. The normalized spacial score (nSPS) is 22.9. The third kappa shape index (κ3) is 2.64. The van der Waals surface area contributed by atoms with Crippen LogP contribution in [-0.4, -0.2) is 36.1 Å². The maximum Gasteiger partial charge on any atom is 0.332 e. The molecule has 3 rings (SSSR count). The smallest absolute Gasteiger partial charge is 0.299 e. The molecule has 2 aliphatic rings. The van der Waals surface area contributed by atoms with E-state index >= 15 is 0 Å². The molecule has 0 aromatic heterocycles. The van der Waals surface area contributed by atoms with Crippen molar-refractivity contribution in [1.82, 2.24) is 10.2 Å². The predicted molar refractivity (Wildman–Crippen MR) is 84.3 cm³/mol. The summed E-state index contributed by atoms with van der Waals surface area (Å²) in [7, 11) is 1.66. The van der Waals surface area contributed by atoms with E-state index in [1.165, 1.54) is 15.9 Å². The number of carbonyl (C=O) groups is 2. The lowest BCUT2D eigenvalue weighted by molar-refractivity contribution is -0.130. The topological polar surface area (TPSA) is 52.7 Å². The molecule has 0 bridgehead atoms. The van der Waals surface area contributed by atoms with Crippen LogP contribution in [0.5, 0.6) is 0 Å². The Kier molecular flexibility index (Phi) is 3.87. The van der Waals surface area contributed by atoms with Crippen LogP contribution in [0.4, 0.5) is 14.9 Å². The van der Waals surface area contributed by atoms with Gasteiger partial charge in [-0.3, -0.25) is 19.9 Å². The van der Waals surface area contributed by atoms with E-state index in [-0.39, 0.29) is 24.1 Å². The van der Waals surface area contributed by atoms with E-state index in [1.807, 2.05) is 22.6 Å². The van der Waals surface area contributed by atoms with Crippen LogP contribution in [0.3, 0.4) is 0 Å². The third-order valence-corrected chi connectivity index (χ3v) is 4.45. The second-order valence-electron chi connectivity index (χ2n) is 5.25. The molecule has 1 aromatic carbocycles. The predicted octanol–water partition coefficient (Wildman–Crippen LogP) is 2.30. The second kappa shape index (κ2) is 5.53. The molecular weight excluding hydrogens is 388 g/mol. The van der Waals surface area contributed by atoms with Crippen LogP contribution in [-0.2, 0) is 4.79 Å². The maximum atomic E-state index is 14.2. The van der Waals surface area contributed by atoms with Crippen molar-refractivity contribution in [3.05, 3.63) is 27.6 Å². The summed E-state index contributed by atoms with van der Waals surface area (Å²) in [5.41, 5.74) is 0.206. The standard InChI is InChI=1S/C14H15FIN3O2/c1-17-12-7-13(20)18(9-3-4-9)14(21)19(12)11-5-2-8(16)6-10(11)15/h2,5-6,9,12,17H,3-4,7H2,1H3. The Labute approximate surface area is 135 Å². The summed E-state index contributed by atoms with van der Waals surface area (Å²) in [5.74, 6) is -0.649. The summed E-state index contributed by atoms with van der Waals surface area (Å²) < 4.78 is 15.0. The van der Waals surface area contributed by atoms with Crippen LogP contribution in [0.15, 0.2) is 18.2 Å².